The lowest BCUT2D eigenvalue weighted by atomic mass is 9.82. The van der Waals surface area contributed by atoms with Gasteiger partial charge in [0.05, 0.1) is 0 Å². The highest BCUT2D eigenvalue weighted by atomic mass is 19.2. The quantitative estimate of drug-likeness (QED) is 0.124. The van der Waals surface area contributed by atoms with Gasteiger partial charge in [-0.25, -0.2) is 39.5 Å². The van der Waals surface area contributed by atoms with Crippen molar-refractivity contribution in [3.05, 3.63) is 425 Å². The third kappa shape index (κ3) is 32.3. The average molecular weight is 1970 g/mol. The van der Waals surface area contributed by atoms with Crippen LogP contribution in [0.1, 0.15) is 229 Å². The van der Waals surface area contributed by atoms with E-state index in [0.29, 0.717) is 114 Å². The highest BCUT2D eigenvalue weighted by Gasteiger charge is 2.33. The Kier molecular flexibility index (Phi) is 37.8. The van der Waals surface area contributed by atoms with Crippen molar-refractivity contribution >= 4 is 35.4 Å². The highest BCUT2D eigenvalue weighted by molar-refractivity contribution is 5.98. The molecule has 1 N–H and O–H groups in total. The lowest BCUT2D eigenvalue weighted by molar-refractivity contribution is 0.0525. The molecule has 0 saturated carbocycles. The number of piperidine rings is 4. The maximum absolute atomic E-state index is 13.2. The van der Waals surface area contributed by atoms with Crippen molar-refractivity contribution in [3.63, 3.8) is 0 Å². The zero-order valence-electron chi connectivity index (χ0n) is 82.6. The van der Waals surface area contributed by atoms with Crippen LogP contribution in [0.5, 0.6) is 0 Å². The molecule has 146 heavy (non-hydrogen) atoms. The van der Waals surface area contributed by atoms with Crippen LogP contribution in [-0.4, -0.2) is 155 Å². The molecule has 0 atom stereocenters. The van der Waals surface area contributed by atoms with E-state index in [-0.39, 0.29) is 65.4 Å². The summed E-state index contributed by atoms with van der Waals surface area (Å²) in [6.45, 7) is 25.1. The second-order valence-corrected chi connectivity index (χ2v) is 38.8. The summed E-state index contributed by atoms with van der Waals surface area (Å²) >= 11 is 0. The number of benzene rings is 12. The van der Waals surface area contributed by atoms with Gasteiger partial charge < -0.3 is 34.5 Å². The predicted octanol–water partition coefficient (Wildman–Crippen LogP) is 23.2. The van der Waals surface area contributed by atoms with Gasteiger partial charge in [-0.1, -0.05) is 126 Å². The highest BCUT2D eigenvalue weighted by Crippen LogP contribution is 2.33. The van der Waals surface area contributed by atoms with E-state index in [1.54, 1.807) is 138 Å². The van der Waals surface area contributed by atoms with E-state index in [1.807, 2.05) is 73.0 Å². The Bertz CT molecular complexity index is 7000. The van der Waals surface area contributed by atoms with Crippen molar-refractivity contribution in [2.75, 3.05) is 85.1 Å². The minimum Gasteiger partial charge on any atom is -0.396 e. The lowest BCUT2D eigenvalue weighted by Crippen LogP contribution is -2.48. The number of nitrogens with zero attached hydrogens (tertiary/aromatic N) is 6. The van der Waals surface area contributed by atoms with Gasteiger partial charge in [0.15, 0.2) is 34.9 Å². The van der Waals surface area contributed by atoms with Crippen molar-refractivity contribution in [3.8, 4) is 71.0 Å². The molecule has 744 valence electrons. The van der Waals surface area contributed by atoms with Crippen LogP contribution >= 0.6 is 0 Å². The monoisotopic (exact) mass is 1970 g/mol. The Labute approximate surface area is 849 Å². The first-order chi connectivity index (χ1) is 70.1. The number of hydrogen-bond donors (Lipinski definition) is 1. The Morgan fingerprint density at radius 3 is 0.692 bits per heavy atom. The molecule has 0 bridgehead atoms. The first-order valence-corrected chi connectivity index (χ1v) is 48.8. The molecule has 12 aromatic rings. The molecule has 18 rings (SSSR count). The fourth-order valence-electron chi connectivity index (χ4n) is 16.4. The summed E-state index contributed by atoms with van der Waals surface area (Å²) in [6.07, 6.45) is 7.83. The molecule has 0 aliphatic carbocycles. The Balaban J connectivity index is 0.000000147. The van der Waals surface area contributed by atoms with Crippen molar-refractivity contribution in [2.24, 2.45) is 34.5 Å². The van der Waals surface area contributed by atoms with E-state index >= 15 is 0 Å². The van der Waals surface area contributed by atoms with Gasteiger partial charge in [0.2, 0.25) is 0 Å². The number of likely N-dealkylation sites (tertiary alicyclic amines) is 6. The van der Waals surface area contributed by atoms with Crippen molar-refractivity contribution in [1.29, 1.82) is 0 Å². The molecule has 0 unspecified atom stereocenters. The van der Waals surface area contributed by atoms with Crippen molar-refractivity contribution in [1.82, 2.24) is 29.4 Å². The Morgan fingerprint density at radius 2 is 0.459 bits per heavy atom. The van der Waals surface area contributed by atoms with E-state index in [4.69, 9.17) is 5.11 Å². The first-order valence-electron chi connectivity index (χ1n) is 48.8. The summed E-state index contributed by atoms with van der Waals surface area (Å²) in [7, 11) is 0. The summed E-state index contributed by atoms with van der Waals surface area (Å²) < 4.78 is 117. The molecule has 6 amide bonds. The fourth-order valence-corrected chi connectivity index (χ4v) is 16.4. The zero-order chi connectivity index (χ0) is 104. The van der Waals surface area contributed by atoms with Gasteiger partial charge in [0, 0.05) is 185 Å². The molecule has 6 saturated heterocycles. The van der Waals surface area contributed by atoms with Crippen LogP contribution < -0.4 is 0 Å². The van der Waals surface area contributed by atoms with E-state index in [0.717, 1.165) is 181 Å². The molecule has 0 spiro atoms. The SMILES string of the molecule is CC1(C)CCN(C(=O)c2ccc(C#Cc3ccc(F)c(F)c3)cc2)CC1.CC1(C)CCN(C(=O)c2ccc(C#Cc3ccc(F)cc3)cc2)CC1.CC1CCN(C(=O)c2ccc(C#Cc3ccc(F)c(F)c3)cc2)CC1.CC1CN(C(=O)c2ccc(C#Cc3ccc(F)cc3)cc2)C1.CC1CN(C(=O)c2ccc(C#Cc3cccc(F)c3)cc2)C1.O=C(c1ccc(C#Cc2ccc(F)c(F)c2)cc1)N1CCC(CO)CC1. The topological polar surface area (TPSA) is 142 Å². The minimum absolute atomic E-state index is 0.0264. The Morgan fingerprint density at radius 1 is 0.247 bits per heavy atom. The molecule has 6 aliphatic rings. The molecule has 0 radical (unpaired) electrons. The van der Waals surface area contributed by atoms with Crippen LogP contribution in [0.2, 0.25) is 0 Å². The summed E-state index contributed by atoms with van der Waals surface area (Å²) in [5.41, 5.74) is 12.5. The predicted molar refractivity (Wildman–Crippen MR) is 551 cm³/mol. The van der Waals surface area contributed by atoms with Crippen LogP contribution in [0.25, 0.3) is 0 Å². The van der Waals surface area contributed by atoms with Gasteiger partial charge in [0.25, 0.3) is 35.4 Å². The Hall–Kier alpha value is -15.9. The number of rotatable bonds is 7. The van der Waals surface area contributed by atoms with Crippen LogP contribution in [0, 0.1) is 158 Å². The molecule has 6 aliphatic heterocycles. The maximum atomic E-state index is 13.2. The van der Waals surface area contributed by atoms with Gasteiger partial charge in [-0.3, -0.25) is 28.8 Å². The molecule has 6 fully saturated rings. The zero-order valence-corrected chi connectivity index (χ0v) is 82.6. The number of halogens is 9. The average Bonchev–Trinajstić information content (AvgIpc) is 0.806. The van der Waals surface area contributed by atoms with Gasteiger partial charge >= 0.3 is 0 Å². The number of carbonyl (C=O) groups is 6. The van der Waals surface area contributed by atoms with Crippen LogP contribution in [0.4, 0.5) is 39.5 Å². The second kappa shape index (κ2) is 51.4. The number of carbonyl (C=O) groups excluding carboxylic acids is 6. The molecular formula is C124H113F9N6O7. The molecule has 12 aromatic carbocycles. The van der Waals surface area contributed by atoms with Crippen molar-refractivity contribution in [2.45, 2.75) is 99.8 Å². The lowest BCUT2D eigenvalue weighted by Gasteiger charge is -2.37. The number of aliphatic hydroxyl groups excluding tert-OH is 1. The molecule has 0 aromatic heterocycles. The third-order valence-electron chi connectivity index (χ3n) is 25.9. The molecule has 6 heterocycles. The largest absolute Gasteiger partial charge is 0.396 e. The van der Waals surface area contributed by atoms with Crippen LogP contribution in [0.3, 0.4) is 0 Å². The summed E-state index contributed by atoms with van der Waals surface area (Å²) in [5, 5.41) is 9.17. The first kappa shape index (κ1) is 107. The normalized spacial score (nSPS) is 14.9. The van der Waals surface area contributed by atoms with Gasteiger partial charge in [0.1, 0.15) is 17.5 Å². The maximum Gasteiger partial charge on any atom is 0.253 e. The van der Waals surface area contributed by atoms with Crippen LogP contribution in [-0.2, 0) is 0 Å². The minimum atomic E-state index is -0.928. The van der Waals surface area contributed by atoms with Crippen LogP contribution in [0.15, 0.2) is 273 Å². The summed E-state index contributed by atoms with van der Waals surface area (Å²) in [6, 6.07) is 71.9. The number of hydrogen-bond acceptors (Lipinski definition) is 7. The standard InChI is InChI=1S/C22H21F2NO.C22H22FNO.C21H19F2NO2.C21H19F2NO.2C19H16FNO/c1-22(2)11-13-25(14-12-22)21(26)18-8-5-16(6-9-18)3-4-17-7-10-19(23)20(24)15-17;1-22(2)13-15-24(16-14-22)21(25)19-9-5-17(6-10-19)3-4-18-7-11-20(23)12-8-18;22-19-8-5-16(13-20(19)23)2-1-15-3-6-18(7-4-15)21(26)24-11-9-17(14-25)10-12-24;1-15-10-12-24(13-11-15)21(25)18-7-4-16(5-8-18)2-3-17-6-9-19(22)20(23)14-17;1-14-12-21(13-14)19(22)17-8-4-15(5-9-17)2-3-16-6-10-18(20)11-7-16;1-14-12-21(13-14)19(22)17-9-7-15(8-10-17)5-6-16-3-2-4-18(20)11-16/h5-10,15H,11-14H2,1-2H3;5-12H,13-16H2,1-2H3;3-8,13,17,25H,9-12,14H2;4-9,14-15H,10-13H2,1H3;4-11,14H,12-13H2,1H3;2-4,7-11,14H,12-13H2,1H3. The molecule has 22 heteroatoms. The molecular weight excluding hydrogens is 1860 g/mol. The van der Waals surface area contributed by atoms with E-state index < -0.39 is 34.9 Å². The summed E-state index contributed by atoms with van der Waals surface area (Å²) in [5.74, 6) is 31.2. The second-order valence-electron chi connectivity index (χ2n) is 38.8. The van der Waals surface area contributed by atoms with Gasteiger partial charge in [-0.15, -0.1) is 0 Å². The number of aliphatic hydroxyl groups is 1. The van der Waals surface area contributed by atoms with Gasteiger partial charge in [-0.05, 0) is 353 Å². The smallest absolute Gasteiger partial charge is 0.253 e. The molecule has 13 nitrogen and oxygen atoms in total. The van der Waals surface area contributed by atoms with Gasteiger partial charge in [-0.2, -0.15) is 0 Å². The fraction of sp³-hybridized carbons (Fsp3) is 0.274. The summed E-state index contributed by atoms with van der Waals surface area (Å²) in [4.78, 5) is 85.7. The van der Waals surface area contributed by atoms with E-state index in [2.05, 4.69) is 120 Å². The van der Waals surface area contributed by atoms with E-state index in [1.165, 1.54) is 54.6 Å². The third-order valence-corrected chi connectivity index (χ3v) is 25.9. The van der Waals surface area contributed by atoms with Crippen molar-refractivity contribution < 1.29 is 73.4 Å². The number of amides is 6. The van der Waals surface area contributed by atoms with E-state index in [9.17, 15) is 68.3 Å².